The molecule has 0 spiro atoms. The molecule has 19 heavy (non-hydrogen) atoms. The average molecular weight is 262 g/mol. The highest BCUT2D eigenvalue weighted by Gasteiger charge is 2.13. The Balaban J connectivity index is 1.67. The van der Waals surface area contributed by atoms with Crippen molar-refractivity contribution in [2.45, 2.75) is 26.2 Å². The topological polar surface area (TPSA) is 50.4 Å². The van der Waals surface area contributed by atoms with Gasteiger partial charge in [-0.3, -0.25) is 0 Å². The first-order valence-electron chi connectivity index (χ1n) is 6.93. The molecular formula is C15H22N2O2. The monoisotopic (exact) mass is 262 g/mol. The Morgan fingerprint density at radius 1 is 1.47 bits per heavy atom. The van der Waals surface area contributed by atoms with Crippen LogP contribution in [0.15, 0.2) is 24.3 Å². The van der Waals surface area contributed by atoms with E-state index in [4.69, 9.17) is 4.74 Å². The van der Waals surface area contributed by atoms with Crippen LogP contribution in [0, 0.1) is 12.8 Å². The van der Waals surface area contributed by atoms with Crippen molar-refractivity contribution in [3.8, 4) is 0 Å². The molecule has 2 amide bonds. The minimum absolute atomic E-state index is 0.137. The molecule has 104 valence electrons. The average Bonchev–Trinajstić information content (AvgIpc) is 2.40. The fourth-order valence-electron chi connectivity index (χ4n) is 2.32. The normalized spacial score (nSPS) is 18.9. The predicted molar refractivity (Wildman–Crippen MR) is 76.4 cm³/mol. The number of carbonyl (C=O) groups excluding carboxylic acids is 1. The van der Waals surface area contributed by atoms with E-state index < -0.39 is 0 Å². The van der Waals surface area contributed by atoms with Gasteiger partial charge in [0.15, 0.2) is 0 Å². The van der Waals surface area contributed by atoms with Crippen LogP contribution < -0.4 is 10.6 Å². The highest BCUT2D eigenvalue weighted by molar-refractivity contribution is 5.89. The molecule has 0 aromatic heterocycles. The number of benzene rings is 1. The van der Waals surface area contributed by atoms with E-state index in [1.807, 2.05) is 31.2 Å². The Morgan fingerprint density at radius 2 is 2.37 bits per heavy atom. The zero-order chi connectivity index (χ0) is 13.5. The zero-order valence-corrected chi connectivity index (χ0v) is 11.4. The molecule has 1 aromatic rings. The summed E-state index contributed by atoms with van der Waals surface area (Å²) in [5.41, 5.74) is 1.97. The summed E-state index contributed by atoms with van der Waals surface area (Å²) in [6.07, 6.45) is 3.34. The van der Waals surface area contributed by atoms with Gasteiger partial charge in [-0.15, -0.1) is 0 Å². The number of hydrogen-bond donors (Lipinski definition) is 2. The molecule has 2 N–H and O–H groups in total. The van der Waals surface area contributed by atoms with Crippen molar-refractivity contribution in [3.63, 3.8) is 0 Å². The van der Waals surface area contributed by atoms with Crippen LogP contribution in [-0.4, -0.2) is 25.8 Å². The molecule has 0 radical (unpaired) electrons. The molecule has 0 bridgehead atoms. The molecule has 1 aromatic carbocycles. The minimum Gasteiger partial charge on any atom is -0.381 e. The molecule has 1 aliphatic heterocycles. The Kier molecular flexibility index (Phi) is 5.21. The van der Waals surface area contributed by atoms with Crippen LogP contribution in [-0.2, 0) is 4.74 Å². The maximum Gasteiger partial charge on any atom is 0.319 e. The molecule has 4 heteroatoms. The Bertz CT molecular complexity index is 414. The van der Waals surface area contributed by atoms with Crippen molar-refractivity contribution in [1.29, 1.82) is 0 Å². The lowest BCUT2D eigenvalue weighted by molar-refractivity contribution is 0.0520. The number of nitrogens with one attached hydrogen (secondary N) is 2. The molecule has 1 atom stereocenters. The van der Waals surface area contributed by atoms with Gasteiger partial charge in [-0.2, -0.15) is 0 Å². The molecule has 1 heterocycles. The van der Waals surface area contributed by atoms with Crippen LogP contribution >= 0.6 is 0 Å². The van der Waals surface area contributed by atoms with E-state index in [2.05, 4.69) is 10.6 Å². The van der Waals surface area contributed by atoms with Gasteiger partial charge in [-0.25, -0.2) is 4.79 Å². The Hall–Kier alpha value is -1.55. The number of urea groups is 1. The third-order valence-corrected chi connectivity index (χ3v) is 3.37. The number of aryl methyl sites for hydroxylation is 1. The van der Waals surface area contributed by atoms with Crippen molar-refractivity contribution in [3.05, 3.63) is 29.8 Å². The van der Waals surface area contributed by atoms with Crippen molar-refractivity contribution in [2.75, 3.05) is 25.1 Å². The number of carbonyl (C=O) groups is 1. The molecule has 0 unspecified atom stereocenters. The number of hydrogen-bond acceptors (Lipinski definition) is 2. The molecular weight excluding hydrogens is 240 g/mol. The second-order valence-electron chi connectivity index (χ2n) is 5.12. The molecule has 4 nitrogen and oxygen atoms in total. The van der Waals surface area contributed by atoms with Crippen molar-refractivity contribution >= 4 is 11.7 Å². The third kappa shape index (κ3) is 4.91. The summed E-state index contributed by atoms with van der Waals surface area (Å²) >= 11 is 0. The van der Waals surface area contributed by atoms with E-state index in [1.54, 1.807) is 0 Å². The molecule has 2 rings (SSSR count). The summed E-state index contributed by atoms with van der Waals surface area (Å²) < 4.78 is 5.42. The van der Waals surface area contributed by atoms with Gasteiger partial charge >= 0.3 is 6.03 Å². The third-order valence-electron chi connectivity index (χ3n) is 3.37. The highest BCUT2D eigenvalue weighted by atomic mass is 16.5. The molecule has 0 aliphatic carbocycles. The molecule has 1 aliphatic rings. The van der Waals surface area contributed by atoms with E-state index in [1.165, 1.54) is 6.42 Å². The van der Waals surface area contributed by atoms with Gasteiger partial charge in [0.1, 0.15) is 0 Å². The van der Waals surface area contributed by atoms with E-state index in [-0.39, 0.29) is 6.03 Å². The van der Waals surface area contributed by atoms with Crippen LogP contribution in [0.5, 0.6) is 0 Å². The summed E-state index contributed by atoms with van der Waals surface area (Å²) in [4.78, 5) is 11.7. The van der Waals surface area contributed by atoms with Crippen LogP contribution in [0.3, 0.4) is 0 Å². The molecule has 1 saturated heterocycles. The van der Waals surface area contributed by atoms with E-state index in [0.29, 0.717) is 12.5 Å². The summed E-state index contributed by atoms with van der Waals surface area (Å²) in [6.45, 7) is 4.43. The lowest BCUT2D eigenvalue weighted by Crippen LogP contribution is -2.31. The SMILES string of the molecule is Cc1cccc(NC(=O)NCC[C@@H]2CCCOC2)c1. The van der Waals surface area contributed by atoms with E-state index in [9.17, 15) is 4.79 Å². The van der Waals surface area contributed by atoms with Gasteiger partial charge in [0.2, 0.25) is 0 Å². The molecule has 0 saturated carbocycles. The van der Waals surface area contributed by atoms with Crippen LogP contribution in [0.1, 0.15) is 24.8 Å². The minimum atomic E-state index is -0.137. The van der Waals surface area contributed by atoms with Crippen LogP contribution in [0.4, 0.5) is 10.5 Å². The lowest BCUT2D eigenvalue weighted by Gasteiger charge is -2.21. The van der Waals surface area contributed by atoms with Crippen LogP contribution in [0.2, 0.25) is 0 Å². The van der Waals surface area contributed by atoms with Gasteiger partial charge < -0.3 is 15.4 Å². The second kappa shape index (κ2) is 7.14. The van der Waals surface area contributed by atoms with E-state index >= 15 is 0 Å². The smallest absolute Gasteiger partial charge is 0.319 e. The maximum atomic E-state index is 11.7. The number of anilines is 1. The first-order chi connectivity index (χ1) is 9.24. The first-order valence-corrected chi connectivity index (χ1v) is 6.93. The predicted octanol–water partition coefficient (Wildman–Crippen LogP) is 2.93. The summed E-state index contributed by atoms with van der Waals surface area (Å²) in [7, 11) is 0. The second-order valence-corrected chi connectivity index (χ2v) is 5.12. The maximum absolute atomic E-state index is 11.7. The highest BCUT2D eigenvalue weighted by Crippen LogP contribution is 2.16. The Labute approximate surface area is 114 Å². The van der Waals surface area contributed by atoms with Gasteiger partial charge in [0, 0.05) is 25.4 Å². The van der Waals surface area contributed by atoms with Crippen LogP contribution in [0.25, 0.3) is 0 Å². The van der Waals surface area contributed by atoms with Crippen molar-refractivity contribution < 1.29 is 9.53 Å². The quantitative estimate of drug-likeness (QED) is 0.876. The Morgan fingerprint density at radius 3 is 3.11 bits per heavy atom. The number of ether oxygens (including phenoxy) is 1. The molecule has 1 fully saturated rings. The summed E-state index contributed by atoms with van der Waals surface area (Å²) in [5, 5.41) is 5.73. The van der Waals surface area contributed by atoms with E-state index in [0.717, 1.165) is 37.3 Å². The van der Waals surface area contributed by atoms with Gasteiger partial charge in [-0.1, -0.05) is 12.1 Å². The number of rotatable bonds is 4. The number of amides is 2. The summed E-state index contributed by atoms with van der Waals surface area (Å²) in [5.74, 6) is 0.591. The van der Waals surface area contributed by atoms with Crippen molar-refractivity contribution in [1.82, 2.24) is 5.32 Å². The largest absolute Gasteiger partial charge is 0.381 e. The summed E-state index contributed by atoms with van der Waals surface area (Å²) in [6, 6.07) is 7.65. The lowest BCUT2D eigenvalue weighted by atomic mass is 9.99. The van der Waals surface area contributed by atoms with Gasteiger partial charge in [0.25, 0.3) is 0 Å². The van der Waals surface area contributed by atoms with Crippen molar-refractivity contribution in [2.24, 2.45) is 5.92 Å². The van der Waals surface area contributed by atoms with Gasteiger partial charge in [-0.05, 0) is 49.8 Å². The zero-order valence-electron chi connectivity index (χ0n) is 11.4. The van der Waals surface area contributed by atoms with Gasteiger partial charge in [0.05, 0.1) is 0 Å². The standard InChI is InChI=1S/C15H22N2O2/c1-12-4-2-6-14(10-12)17-15(18)16-8-7-13-5-3-9-19-11-13/h2,4,6,10,13H,3,5,7-9,11H2,1H3,(H2,16,17,18)/t13-/m0/s1. The fraction of sp³-hybridized carbons (Fsp3) is 0.533. The first kappa shape index (κ1) is 13.9. The fourth-order valence-corrected chi connectivity index (χ4v) is 2.32.